The Kier molecular flexibility index (Phi) is 4.12. The summed E-state index contributed by atoms with van der Waals surface area (Å²) < 4.78 is 5.68. The first-order chi connectivity index (χ1) is 7.45. The van der Waals surface area contributed by atoms with E-state index in [1.807, 2.05) is 20.8 Å². The van der Waals surface area contributed by atoms with Crippen molar-refractivity contribution in [2.24, 2.45) is 0 Å². The lowest BCUT2D eigenvalue weighted by atomic mass is 10.2. The van der Waals surface area contributed by atoms with Crippen LogP contribution in [0.3, 0.4) is 0 Å². The van der Waals surface area contributed by atoms with Gasteiger partial charge in [0.1, 0.15) is 6.23 Å². The third kappa shape index (κ3) is 2.85. The molecule has 0 saturated carbocycles. The number of ether oxygens (including phenoxy) is 1. The van der Waals surface area contributed by atoms with Crippen LogP contribution in [0.25, 0.3) is 0 Å². The van der Waals surface area contributed by atoms with E-state index in [4.69, 9.17) is 4.74 Å². The Morgan fingerprint density at radius 1 is 1.56 bits per heavy atom. The van der Waals surface area contributed by atoms with Gasteiger partial charge in [-0.3, -0.25) is 4.90 Å². The van der Waals surface area contributed by atoms with Crippen LogP contribution in [-0.4, -0.2) is 23.3 Å². The minimum atomic E-state index is -0.266. The van der Waals surface area contributed by atoms with Gasteiger partial charge in [0.25, 0.3) is 0 Å². The molecule has 1 heterocycles. The predicted molar refractivity (Wildman–Crippen MR) is 63.6 cm³/mol. The molecule has 4 heteroatoms. The summed E-state index contributed by atoms with van der Waals surface area (Å²) in [5.74, 6) is 0. The summed E-state index contributed by atoms with van der Waals surface area (Å²) in [6, 6.07) is -0.189. The lowest BCUT2D eigenvalue weighted by molar-refractivity contribution is -0.0501. The highest BCUT2D eigenvalue weighted by Gasteiger charge is 2.24. The molecule has 2 amide bonds. The van der Waals surface area contributed by atoms with E-state index in [-0.39, 0.29) is 18.4 Å². The van der Waals surface area contributed by atoms with Gasteiger partial charge in [0.15, 0.2) is 0 Å². The molecule has 90 valence electrons. The van der Waals surface area contributed by atoms with Crippen LogP contribution in [0.5, 0.6) is 0 Å². The van der Waals surface area contributed by atoms with Crippen LogP contribution in [0.15, 0.2) is 24.0 Å². The van der Waals surface area contributed by atoms with Gasteiger partial charge in [-0.25, -0.2) is 4.79 Å². The highest BCUT2D eigenvalue weighted by atomic mass is 16.5. The molecule has 4 nitrogen and oxygen atoms in total. The van der Waals surface area contributed by atoms with Crippen LogP contribution < -0.4 is 5.32 Å². The third-order valence-corrected chi connectivity index (χ3v) is 2.70. The Bertz CT molecular complexity index is 323. The molecular formula is C12H20N2O2. The molecule has 0 aromatic carbocycles. The summed E-state index contributed by atoms with van der Waals surface area (Å²) in [4.78, 5) is 13.2. The summed E-state index contributed by atoms with van der Waals surface area (Å²) >= 11 is 0. The number of nitrogens with one attached hydrogen (secondary N) is 1. The highest BCUT2D eigenvalue weighted by Crippen LogP contribution is 2.16. The van der Waals surface area contributed by atoms with E-state index in [1.165, 1.54) is 0 Å². The molecule has 0 aromatic heterocycles. The second kappa shape index (κ2) is 5.16. The zero-order valence-electron chi connectivity index (χ0n) is 10.4. The first-order valence-corrected chi connectivity index (χ1v) is 5.58. The molecule has 0 bridgehead atoms. The number of carbonyl (C=O) groups excluding carboxylic acids is 1. The summed E-state index contributed by atoms with van der Waals surface area (Å²) in [6.07, 6.45) is 2.57. The molecule has 0 aliphatic carbocycles. The van der Waals surface area contributed by atoms with E-state index >= 15 is 0 Å². The lowest BCUT2D eigenvalue weighted by Gasteiger charge is -2.32. The molecule has 0 radical (unpaired) electrons. The minimum absolute atomic E-state index is 0.140. The molecule has 0 spiro atoms. The van der Waals surface area contributed by atoms with Gasteiger partial charge in [-0.15, -0.1) is 0 Å². The molecular weight excluding hydrogens is 204 g/mol. The van der Waals surface area contributed by atoms with Crippen molar-refractivity contribution in [3.8, 4) is 0 Å². The zero-order valence-corrected chi connectivity index (χ0v) is 10.4. The maximum atomic E-state index is 11.7. The van der Waals surface area contributed by atoms with Gasteiger partial charge < -0.3 is 10.1 Å². The fourth-order valence-electron chi connectivity index (χ4n) is 1.41. The summed E-state index contributed by atoms with van der Waals surface area (Å²) in [6.45, 7) is 11.6. The second-order valence-corrected chi connectivity index (χ2v) is 4.08. The Labute approximate surface area is 97.0 Å². The largest absolute Gasteiger partial charge is 0.355 e. The van der Waals surface area contributed by atoms with Crippen LogP contribution in [0.2, 0.25) is 0 Å². The van der Waals surface area contributed by atoms with E-state index in [0.717, 1.165) is 12.0 Å². The fraction of sp³-hybridized carbons (Fsp3) is 0.583. The number of hydrogen-bond donors (Lipinski definition) is 1. The molecule has 0 saturated heterocycles. The fourth-order valence-corrected chi connectivity index (χ4v) is 1.41. The van der Waals surface area contributed by atoms with Gasteiger partial charge in [0, 0.05) is 11.9 Å². The van der Waals surface area contributed by atoms with Crippen molar-refractivity contribution in [1.82, 2.24) is 10.2 Å². The maximum Gasteiger partial charge on any atom is 0.327 e. The van der Waals surface area contributed by atoms with Gasteiger partial charge in [-0.05, 0) is 32.8 Å². The lowest BCUT2D eigenvalue weighted by Crippen LogP contribution is -2.46. The average molecular weight is 224 g/mol. The monoisotopic (exact) mass is 224 g/mol. The van der Waals surface area contributed by atoms with Crippen LogP contribution in [0.1, 0.15) is 34.1 Å². The number of allylic oxidation sites excluding steroid dienone is 1. The summed E-state index contributed by atoms with van der Waals surface area (Å²) in [5, 5.41) is 2.70. The van der Waals surface area contributed by atoms with Crippen LogP contribution >= 0.6 is 0 Å². The molecule has 0 aromatic rings. The molecule has 1 N–H and O–H groups in total. The number of urea groups is 1. The van der Waals surface area contributed by atoms with Gasteiger partial charge in [-0.1, -0.05) is 13.5 Å². The predicted octanol–water partition coefficient (Wildman–Crippen LogP) is 2.59. The second-order valence-electron chi connectivity index (χ2n) is 4.08. The van der Waals surface area contributed by atoms with Crippen molar-refractivity contribution in [3.63, 3.8) is 0 Å². The summed E-state index contributed by atoms with van der Waals surface area (Å²) in [5.41, 5.74) is 1.59. The number of nitrogens with zero attached hydrogens (tertiary/aromatic N) is 1. The topological polar surface area (TPSA) is 41.6 Å². The van der Waals surface area contributed by atoms with Crippen molar-refractivity contribution < 1.29 is 9.53 Å². The standard InChI is InChI=1S/C12H20N2O2/c1-6-9(3)16-11(5)14-7-8(2)10(4)13-12(14)15/h7,9,11H,4,6H2,1-3,5H3,(H,13,15)/t9-,11+/m0/s1. The Balaban J connectivity index is 2.72. The van der Waals surface area contributed by atoms with Gasteiger partial charge in [0.05, 0.1) is 6.10 Å². The van der Waals surface area contributed by atoms with E-state index in [1.54, 1.807) is 11.1 Å². The Morgan fingerprint density at radius 2 is 2.19 bits per heavy atom. The molecule has 2 atom stereocenters. The number of hydrogen-bond acceptors (Lipinski definition) is 2. The minimum Gasteiger partial charge on any atom is -0.355 e. The van der Waals surface area contributed by atoms with Crippen LogP contribution in [0.4, 0.5) is 4.79 Å². The molecule has 0 unspecified atom stereocenters. The Morgan fingerprint density at radius 3 is 2.75 bits per heavy atom. The average Bonchev–Trinajstić information content (AvgIpc) is 2.23. The van der Waals surface area contributed by atoms with Crippen molar-refractivity contribution >= 4 is 6.03 Å². The number of rotatable bonds is 4. The van der Waals surface area contributed by atoms with Crippen molar-refractivity contribution in [1.29, 1.82) is 0 Å². The molecule has 16 heavy (non-hydrogen) atoms. The molecule has 0 fully saturated rings. The summed E-state index contributed by atoms with van der Waals surface area (Å²) in [7, 11) is 0. The SMILES string of the molecule is C=C1NC(=O)N([C@@H](C)O[C@@H](C)CC)C=C1C. The number of amides is 2. The van der Waals surface area contributed by atoms with Gasteiger partial charge >= 0.3 is 6.03 Å². The van der Waals surface area contributed by atoms with Crippen molar-refractivity contribution in [2.45, 2.75) is 46.4 Å². The number of carbonyl (C=O) groups is 1. The first-order valence-electron chi connectivity index (χ1n) is 5.58. The quantitative estimate of drug-likeness (QED) is 0.797. The van der Waals surface area contributed by atoms with Gasteiger partial charge in [-0.2, -0.15) is 0 Å². The van der Waals surface area contributed by atoms with Gasteiger partial charge in [0.2, 0.25) is 0 Å². The van der Waals surface area contributed by atoms with Crippen LogP contribution in [-0.2, 0) is 4.74 Å². The molecule has 1 aliphatic heterocycles. The zero-order chi connectivity index (χ0) is 12.3. The van der Waals surface area contributed by atoms with E-state index in [2.05, 4.69) is 18.8 Å². The molecule has 1 rings (SSSR count). The molecule has 1 aliphatic rings. The normalized spacial score (nSPS) is 20.2. The first kappa shape index (κ1) is 12.8. The Hall–Kier alpha value is -1.29. The van der Waals surface area contributed by atoms with Crippen molar-refractivity contribution in [3.05, 3.63) is 24.0 Å². The maximum absolute atomic E-state index is 11.7. The van der Waals surface area contributed by atoms with E-state index < -0.39 is 0 Å². The smallest absolute Gasteiger partial charge is 0.327 e. The third-order valence-electron chi connectivity index (χ3n) is 2.70. The highest BCUT2D eigenvalue weighted by molar-refractivity contribution is 5.80. The van der Waals surface area contributed by atoms with Crippen molar-refractivity contribution in [2.75, 3.05) is 0 Å². The van der Waals surface area contributed by atoms with Crippen LogP contribution in [0, 0.1) is 0 Å². The van der Waals surface area contributed by atoms with E-state index in [9.17, 15) is 4.79 Å². The van der Waals surface area contributed by atoms with E-state index in [0.29, 0.717) is 5.70 Å².